The van der Waals surface area contributed by atoms with Crippen molar-refractivity contribution >= 4 is 20.6 Å². The maximum Gasteiger partial charge on any atom is 1.00 e. The van der Waals surface area contributed by atoms with Crippen molar-refractivity contribution in [2.24, 2.45) is 5.50 Å². The number of rotatable bonds is 2. The Labute approximate surface area is 84.5 Å². The van der Waals surface area contributed by atoms with Gasteiger partial charge in [0.1, 0.15) is 0 Å². The molecule has 13 heavy (non-hydrogen) atoms. The second-order valence-corrected chi connectivity index (χ2v) is 1.78. The quantitative estimate of drug-likeness (QED) is 0.294. The van der Waals surface area contributed by atoms with E-state index in [2.05, 4.69) is 10.4 Å². The van der Waals surface area contributed by atoms with Crippen LogP contribution in [0.4, 0.5) is 12.9 Å². The van der Waals surface area contributed by atoms with E-state index in [1.54, 1.807) is 0 Å². The molecule has 0 aliphatic rings. The van der Waals surface area contributed by atoms with Crippen molar-refractivity contribution in [1.29, 1.82) is 0 Å². The van der Waals surface area contributed by atoms with E-state index in [4.69, 9.17) is 0 Å². The van der Waals surface area contributed by atoms with Gasteiger partial charge in [-0.1, -0.05) is 0 Å². The zero-order valence-electron chi connectivity index (χ0n) is 6.50. The molecule has 0 bridgehead atoms. The largest absolute Gasteiger partial charge is 1.00 e. The van der Waals surface area contributed by atoms with E-state index in [1.807, 2.05) is 0 Å². The molecule has 5 nitrogen and oxygen atoms in total. The van der Waals surface area contributed by atoms with Gasteiger partial charge < -0.3 is 9.90 Å². The summed E-state index contributed by atoms with van der Waals surface area (Å²) >= 11 is 0. The van der Waals surface area contributed by atoms with Gasteiger partial charge in [-0.05, 0) is 0 Å². The van der Waals surface area contributed by atoms with Crippen molar-refractivity contribution in [1.82, 2.24) is 0 Å². The van der Waals surface area contributed by atoms with Gasteiger partial charge in [0.15, 0.2) is 0 Å². The summed E-state index contributed by atoms with van der Waals surface area (Å²) in [5.41, 5.74) is 3.84. The Balaban J connectivity index is -0.000000173. The smallest absolute Gasteiger partial charge is 0.550 e. The number of nitrogens with two attached hydrogens (primary N) is 1. The summed E-state index contributed by atoms with van der Waals surface area (Å²) < 4.78 is 31.0. The predicted octanol–water partition coefficient (Wildman–Crippen LogP) is -3.33. The monoisotopic (exact) mass is 213 g/mol. The minimum Gasteiger partial charge on any atom is -0.550 e. The predicted molar refractivity (Wildman–Crippen MR) is 30.1 cm³/mol. The van der Waals surface area contributed by atoms with Gasteiger partial charge in [-0.15, -0.1) is 0 Å². The molecule has 2 N–H and O–H groups in total. The molecule has 0 radical (unpaired) electrons. The van der Waals surface area contributed by atoms with E-state index in [0.29, 0.717) is 0 Å². The summed E-state index contributed by atoms with van der Waals surface area (Å²) in [5, 5.41) is 9.39. The van der Waals surface area contributed by atoms with Crippen LogP contribution in [-0.2, 0) is 14.5 Å². The second kappa shape index (κ2) is 11.7. The van der Waals surface area contributed by atoms with Crippen LogP contribution in [0, 0.1) is 0 Å². The second-order valence-electron chi connectivity index (χ2n) is 1.26. The van der Waals surface area contributed by atoms with Gasteiger partial charge in [0.2, 0.25) is 0 Å². The van der Waals surface area contributed by atoms with Crippen molar-refractivity contribution < 1.29 is 51.4 Å². The molecule has 0 aromatic heterocycles. The zero-order chi connectivity index (χ0) is 10.1. The Hall–Kier alpha value is -0.283. The molecule has 0 aliphatic carbocycles. The third kappa shape index (κ3) is 33.8. The molecule has 0 aromatic rings. The van der Waals surface area contributed by atoms with Crippen molar-refractivity contribution in [3.63, 3.8) is 0 Å². The molecule has 0 saturated heterocycles. The average Bonchev–Trinajstić information content (AvgIpc) is 1.84. The van der Waals surface area contributed by atoms with Crippen LogP contribution >= 0.6 is 8.69 Å². The van der Waals surface area contributed by atoms with Crippen molar-refractivity contribution in [2.45, 2.75) is 6.42 Å². The summed E-state index contributed by atoms with van der Waals surface area (Å²) in [7, 11) is -3.12. The molecule has 0 unspecified atom stereocenters. The number of hydrogen-bond acceptors (Lipinski definition) is 5. The van der Waals surface area contributed by atoms with E-state index in [9.17, 15) is 27.6 Å². The number of carbonyl (C=O) groups excluding carboxylic acids is 2. The zero-order valence-corrected chi connectivity index (χ0v) is 7.39. The molecule has 0 aliphatic heterocycles. The van der Waals surface area contributed by atoms with Gasteiger partial charge in [0.25, 0.3) is 0 Å². The first-order valence-electron chi connectivity index (χ1n) is 2.27. The van der Waals surface area contributed by atoms with Crippen LogP contribution in [0.25, 0.3) is 0 Å². The van der Waals surface area contributed by atoms with Gasteiger partial charge in [0.05, 0.1) is 12.4 Å². The Morgan fingerprint density at radius 3 is 1.85 bits per heavy atom. The molecule has 10 heteroatoms. The first kappa shape index (κ1) is 18.5. The van der Waals surface area contributed by atoms with Gasteiger partial charge in [-0.25, -0.2) is 4.79 Å². The van der Waals surface area contributed by atoms with Crippen LogP contribution in [0.15, 0.2) is 0 Å². The first-order valence-corrected chi connectivity index (χ1v) is 3.47. The molecule has 0 saturated carbocycles. The standard InChI is InChI=1S/C3H3FO4.F2H2NP.Li/c4-8-3(7)1-2(5)6;1-4(2)3;/h1H2,(H,5,6);3H2;/q;;+1/p-1. The van der Waals surface area contributed by atoms with Gasteiger partial charge in [0, 0.05) is 4.53 Å². The van der Waals surface area contributed by atoms with Crippen LogP contribution in [0.5, 0.6) is 0 Å². The summed E-state index contributed by atoms with van der Waals surface area (Å²) in [5.74, 6) is -3.11. The molecule has 0 rings (SSSR count). The maximum absolute atomic E-state index is 10.6. The van der Waals surface area contributed by atoms with Crippen molar-refractivity contribution in [3.05, 3.63) is 0 Å². The number of carboxylic acids is 1. The number of aliphatic carboxylic acids is 1. The number of hydrogen-bond donors (Lipinski definition) is 1. The Bertz CT molecular complexity index is 157. The van der Waals surface area contributed by atoms with Gasteiger partial charge in [-0.3, -0.25) is 10.4 Å². The average molecular weight is 213 g/mol. The van der Waals surface area contributed by atoms with Crippen molar-refractivity contribution in [3.8, 4) is 0 Å². The molecule has 0 heterocycles. The fourth-order valence-corrected chi connectivity index (χ4v) is 0.145. The SMILES string of the molecule is NP(F)F.O=C([O-])CC(=O)OF.[Li+]. The van der Waals surface area contributed by atoms with Crippen LogP contribution in [-0.4, -0.2) is 11.9 Å². The third-order valence-electron chi connectivity index (χ3n) is 0.375. The molecule has 0 amide bonds. The fraction of sp³-hybridized carbons (Fsp3) is 0.333. The third-order valence-corrected chi connectivity index (χ3v) is 0.375. The first-order chi connectivity index (χ1) is 5.40. The van der Waals surface area contributed by atoms with Crippen molar-refractivity contribution in [2.75, 3.05) is 0 Å². The number of carbonyl (C=O) groups is 2. The Morgan fingerprint density at radius 1 is 1.46 bits per heavy atom. The van der Waals surface area contributed by atoms with Gasteiger partial charge >= 0.3 is 33.5 Å². The van der Waals surface area contributed by atoms with Crippen LogP contribution in [0.3, 0.4) is 0 Å². The topological polar surface area (TPSA) is 92.5 Å². The normalized spacial score (nSPS) is 7.77. The van der Waals surface area contributed by atoms with E-state index >= 15 is 0 Å². The Morgan fingerprint density at radius 2 is 1.77 bits per heavy atom. The molecule has 0 fully saturated rings. The minimum atomic E-state index is -3.12. The maximum atomic E-state index is 10.6. The van der Waals surface area contributed by atoms with Crippen LogP contribution in [0.2, 0.25) is 0 Å². The summed E-state index contributed by atoms with van der Waals surface area (Å²) in [6.07, 6.45) is -1.05. The Kier molecular flexibility index (Phi) is 16.7. The minimum absolute atomic E-state index is 0. The van der Waals surface area contributed by atoms with E-state index in [1.165, 1.54) is 0 Å². The van der Waals surface area contributed by atoms with Crippen LogP contribution < -0.4 is 29.5 Å². The molecular weight excluding hydrogens is 209 g/mol. The summed E-state index contributed by atoms with van der Waals surface area (Å²) in [6, 6.07) is 0. The molecular formula is C3H4F3LiNO4P. The van der Waals surface area contributed by atoms with Gasteiger partial charge in [-0.2, -0.15) is 8.39 Å². The number of carboxylic acid groups (broad SMARTS) is 1. The molecule has 0 aromatic carbocycles. The van der Waals surface area contributed by atoms with E-state index in [-0.39, 0.29) is 18.9 Å². The number of halogens is 3. The van der Waals surface area contributed by atoms with E-state index < -0.39 is 27.1 Å². The molecule has 72 valence electrons. The molecule has 0 atom stereocenters. The summed E-state index contributed by atoms with van der Waals surface area (Å²) in [4.78, 5) is 21.5. The molecule has 0 spiro atoms. The van der Waals surface area contributed by atoms with E-state index in [0.717, 1.165) is 0 Å². The van der Waals surface area contributed by atoms with Crippen LogP contribution in [0.1, 0.15) is 6.42 Å². The fourth-order valence-electron chi connectivity index (χ4n) is 0.145. The summed E-state index contributed by atoms with van der Waals surface area (Å²) in [6.45, 7) is 0.